The van der Waals surface area contributed by atoms with Gasteiger partial charge in [-0.25, -0.2) is 4.79 Å². The molecule has 0 spiro atoms. The van der Waals surface area contributed by atoms with Crippen LogP contribution in [0.3, 0.4) is 0 Å². The molecule has 0 aromatic heterocycles. The minimum atomic E-state index is -1.16. The van der Waals surface area contributed by atoms with Gasteiger partial charge in [-0.1, -0.05) is 30.3 Å². The van der Waals surface area contributed by atoms with Crippen LogP contribution < -0.4 is 10.6 Å². The lowest BCUT2D eigenvalue weighted by molar-refractivity contribution is -0.141. The molecule has 0 saturated heterocycles. The summed E-state index contributed by atoms with van der Waals surface area (Å²) in [6.45, 7) is 1.03. The average molecular weight is 250 g/mol. The highest BCUT2D eigenvalue weighted by Crippen LogP contribution is 2.12. The summed E-state index contributed by atoms with van der Waals surface area (Å²) in [6.07, 6.45) is 0. The van der Waals surface area contributed by atoms with Crippen LogP contribution in [0.2, 0.25) is 0 Å². The first-order valence-electron chi connectivity index (χ1n) is 5.32. The number of carboxylic acids is 1. The lowest BCUT2D eigenvalue weighted by Gasteiger charge is -2.14. The molecule has 6 nitrogen and oxygen atoms in total. The topological polar surface area (TPSA) is 95.5 Å². The van der Waals surface area contributed by atoms with E-state index in [1.165, 1.54) is 6.92 Å². The van der Waals surface area contributed by atoms with Crippen molar-refractivity contribution in [3.05, 3.63) is 35.9 Å². The van der Waals surface area contributed by atoms with E-state index in [0.29, 0.717) is 5.56 Å². The van der Waals surface area contributed by atoms with Crippen molar-refractivity contribution in [3.8, 4) is 0 Å². The minimum Gasteiger partial charge on any atom is -0.479 e. The second-order valence-electron chi connectivity index (χ2n) is 3.66. The molecule has 1 aromatic rings. The SMILES string of the molecule is CC(=O)NCC(=O)N[C@@H](C(=O)O)c1ccccc1. The van der Waals surface area contributed by atoms with Crippen molar-refractivity contribution in [2.75, 3.05) is 6.54 Å². The number of hydrogen-bond donors (Lipinski definition) is 3. The molecule has 0 saturated carbocycles. The van der Waals surface area contributed by atoms with Gasteiger partial charge in [-0.15, -0.1) is 0 Å². The van der Waals surface area contributed by atoms with Gasteiger partial charge in [0.15, 0.2) is 6.04 Å². The number of carbonyl (C=O) groups excluding carboxylic acids is 2. The van der Waals surface area contributed by atoms with Crippen molar-refractivity contribution in [1.82, 2.24) is 10.6 Å². The molecule has 96 valence electrons. The lowest BCUT2D eigenvalue weighted by atomic mass is 10.1. The molecule has 0 aliphatic rings. The van der Waals surface area contributed by atoms with Crippen LogP contribution in [0.4, 0.5) is 0 Å². The molecule has 3 N–H and O–H groups in total. The van der Waals surface area contributed by atoms with Crippen LogP contribution in [0.1, 0.15) is 18.5 Å². The van der Waals surface area contributed by atoms with E-state index >= 15 is 0 Å². The second kappa shape index (κ2) is 6.39. The molecule has 0 unspecified atom stereocenters. The maximum absolute atomic E-state index is 11.4. The first-order valence-corrected chi connectivity index (χ1v) is 5.32. The summed E-state index contributed by atoms with van der Waals surface area (Å²) in [5.74, 6) is -2.06. The predicted molar refractivity (Wildman–Crippen MR) is 63.6 cm³/mol. The minimum absolute atomic E-state index is 0.244. The first-order chi connectivity index (χ1) is 8.50. The molecule has 0 radical (unpaired) electrons. The highest BCUT2D eigenvalue weighted by atomic mass is 16.4. The highest BCUT2D eigenvalue weighted by Gasteiger charge is 2.21. The van der Waals surface area contributed by atoms with Gasteiger partial charge in [0, 0.05) is 6.92 Å². The van der Waals surface area contributed by atoms with E-state index in [0.717, 1.165) is 0 Å². The van der Waals surface area contributed by atoms with E-state index in [2.05, 4.69) is 10.6 Å². The lowest BCUT2D eigenvalue weighted by Crippen LogP contribution is -2.40. The molecular formula is C12H14N2O4. The van der Waals surface area contributed by atoms with Gasteiger partial charge in [0.25, 0.3) is 0 Å². The molecule has 0 aliphatic carbocycles. The van der Waals surface area contributed by atoms with Gasteiger partial charge < -0.3 is 15.7 Å². The Morgan fingerprint density at radius 3 is 2.33 bits per heavy atom. The number of rotatable bonds is 5. The normalized spacial score (nSPS) is 11.4. The number of nitrogens with one attached hydrogen (secondary N) is 2. The standard InChI is InChI=1S/C12H14N2O4/c1-8(15)13-7-10(16)14-11(12(17)18)9-5-3-2-4-6-9/h2-6,11H,7H2,1H3,(H,13,15)(H,14,16)(H,17,18)/t11-/m1/s1. The molecule has 0 fully saturated rings. The van der Waals surface area contributed by atoms with E-state index in [9.17, 15) is 14.4 Å². The van der Waals surface area contributed by atoms with Crippen molar-refractivity contribution in [3.63, 3.8) is 0 Å². The summed E-state index contributed by atoms with van der Waals surface area (Å²) < 4.78 is 0. The summed E-state index contributed by atoms with van der Waals surface area (Å²) in [5.41, 5.74) is 0.473. The molecule has 1 aromatic carbocycles. The molecule has 2 amide bonds. The quantitative estimate of drug-likeness (QED) is 0.688. The zero-order valence-electron chi connectivity index (χ0n) is 9.84. The third-order valence-electron chi connectivity index (χ3n) is 2.18. The van der Waals surface area contributed by atoms with Crippen LogP contribution in [0.15, 0.2) is 30.3 Å². The van der Waals surface area contributed by atoms with Crippen molar-refractivity contribution < 1.29 is 19.5 Å². The van der Waals surface area contributed by atoms with Gasteiger partial charge in [-0.2, -0.15) is 0 Å². The largest absolute Gasteiger partial charge is 0.479 e. The Balaban J connectivity index is 2.67. The third-order valence-corrected chi connectivity index (χ3v) is 2.18. The van der Waals surface area contributed by atoms with Crippen molar-refractivity contribution in [2.24, 2.45) is 0 Å². The number of hydrogen-bond acceptors (Lipinski definition) is 3. The monoisotopic (exact) mass is 250 g/mol. The van der Waals surface area contributed by atoms with E-state index in [1.54, 1.807) is 30.3 Å². The molecular weight excluding hydrogens is 236 g/mol. The van der Waals surface area contributed by atoms with Crippen molar-refractivity contribution in [1.29, 1.82) is 0 Å². The molecule has 0 bridgehead atoms. The summed E-state index contributed by atoms with van der Waals surface area (Å²) in [5, 5.41) is 13.7. The number of benzene rings is 1. The zero-order valence-corrected chi connectivity index (χ0v) is 9.84. The van der Waals surface area contributed by atoms with Gasteiger partial charge in [-0.3, -0.25) is 9.59 Å². The summed E-state index contributed by atoms with van der Waals surface area (Å²) in [7, 11) is 0. The number of carbonyl (C=O) groups is 3. The Kier molecular flexibility index (Phi) is 4.86. The Hall–Kier alpha value is -2.37. The van der Waals surface area contributed by atoms with Crippen molar-refractivity contribution >= 4 is 17.8 Å². The number of amides is 2. The Morgan fingerprint density at radius 2 is 1.83 bits per heavy atom. The molecule has 1 atom stereocenters. The number of carboxylic acid groups (broad SMARTS) is 1. The molecule has 6 heteroatoms. The Bertz CT molecular complexity index is 445. The maximum Gasteiger partial charge on any atom is 0.330 e. The van der Waals surface area contributed by atoms with E-state index < -0.39 is 17.9 Å². The molecule has 0 aliphatic heterocycles. The fraction of sp³-hybridized carbons (Fsp3) is 0.250. The molecule has 1 rings (SSSR count). The van der Waals surface area contributed by atoms with Crippen molar-refractivity contribution in [2.45, 2.75) is 13.0 Å². The Labute approximate surface area is 104 Å². The van der Waals surface area contributed by atoms with Gasteiger partial charge >= 0.3 is 5.97 Å². The van der Waals surface area contributed by atoms with Crippen LogP contribution in [0, 0.1) is 0 Å². The van der Waals surface area contributed by atoms with Crippen LogP contribution in [-0.2, 0) is 14.4 Å². The second-order valence-corrected chi connectivity index (χ2v) is 3.66. The van der Waals surface area contributed by atoms with E-state index in [1.807, 2.05) is 0 Å². The number of aliphatic carboxylic acids is 1. The van der Waals surface area contributed by atoms with Gasteiger partial charge in [0.1, 0.15) is 0 Å². The summed E-state index contributed by atoms with van der Waals surface area (Å²) in [4.78, 5) is 33.1. The molecule has 0 heterocycles. The maximum atomic E-state index is 11.4. The van der Waals surface area contributed by atoms with Crippen LogP contribution in [0.5, 0.6) is 0 Å². The third kappa shape index (κ3) is 4.25. The van der Waals surface area contributed by atoms with Gasteiger partial charge in [0.05, 0.1) is 6.54 Å². The first kappa shape index (κ1) is 13.7. The summed E-state index contributed by atoms with van der Waals surface area (Å²) in [6, 6.07) is 7.22. The zero-order chi connectivity index (χ0) is 13.5. The summed E-state index contributed by atoms with van der Waals surface area (Å²) >= 11 is 0. The van der Waals surface area contributed by atoms with E-state index in [-0.39, 0.29) is 12.5 Å². The smallest absolute Gasteiger partial charge is 0.330 e. The fourth-order valence-electron chi connectivity index (χ4n) is 1.35. The van der Waals surface area contributed by atoms with Crippen LogP contribution in [-0.4, -0.2) is 29.4 Å². The fourth-order valence-corrected chi connectivity index (χ4v) is 1.35. The predicted octanol–water partition coefficient (Wildman–Crippen LogP) is 0.0646. The van der Waals surface area contributed by atoms with Crippen LogP contribution in [0.25, 0.3) is 0 Å². The molecule has 18 heavy (non-hydrogen) atoms. The average Bonchev–Trinajstić information content (AvgIpc) is 2.34. The van der Waals surface area contributed by atoms with Gasteiger partial charge in [0.2, 0.25) is 11.8 Å². The van der Waals surface area contributed by atoms with Gasteiger partial charge in [-0.05, 0) is 5.56 Å². The van der Waals surface area contributed by atoms with Crippen LogP contribution >= 0.6 is 0 Å². The highest BCUT2D eigenvalue weighted by molar-refractivity contribution is 5.87. The van der Waals surface area contributed by atoms with E-state index in [4.69, 9.17) is 5.11 Å². The Morgan fingerprint density at radius 1 is 1.22 bits per heavy atom.